The fraction of sp³-hybridized carbons (Fsp3) is 0.600. The van der Waals surface area contributed by atoms with Crippen LogP contribution in [-0.2, 0) is 0 Å². The molecule has 100 valence electrons. The largest absolute Gasteiger partial charge is 0.312 e. The van der Waals surface area contributed by atoms with E-state index in [-0.39, 0.29) is 0 Å². The van der Waals surface area contributed by atoms with Crippen LogP contribution in [0.3, 0.4) is 0 Å². The molecule has 3 heteroatoms. The van der Waals surface area contributed by atoms with Crippen molar-refractivity contribution < 1.29 is 0 Å². The summed E-state index contributed by atoms with van der Waals surface area (Å²) in [5, 5.41) is 3.44. The van der Waals surface area contributed by atoms with Crippen molar-refractivity contribution >= 4 is 0 Å². The molecule has 1 unspecified atom stereocenters. The molecule has 1 aliphatic heterocycles. The Balaban J connectivity index is 1.94. The van der Waals surface area contributed by atoms with Gasteiger partial charge in [0.05, 0.1) is 0 Å². The molecule has 0 bridgehead atoms. The molecule has 0 saturated carbocycles. The van der Waals surface area contributed by atoms with Crippen LogP contribution < -0.4 is 5.32 Å². The van der Waals surface area contributed by atoms with E-state index in [0.717, 1.165) is 6.54 Å². The summed E-state index contributed by atoms with van der Waals surface area (Å²) in [6, 6.07) is 11.2. The predicted octanol–water partition coefficient (Wildman–Crippen LogP) is 1.58. The monoisotopic (exact) mass is 247 g/mol. The molecule has 1 aliphatic rings. The van der Waals surface area contributed by atoms with E-state index < -0.39 is 0 Å². The average Bonchev–Trinajstić information content (AvgIpc) is 2.62. The molecule has 2 rings (SSSR count). The summed E-state index contributed by atoms with van der Waals surface area (Å²) in [6.07, 6.45) is 1.28. The van der Waals surface area contributed by atoms with Gasteiger partial charge in [-0.2, -0.15) is 0 Å². The predicted molar refractivity (Wildman–Crippen MR) is 76.8 cm³/mol. The summed E-state index contributed by atoms with van der Waals surface area (Å²) in [5.74, 6) is 0. The Morgan fingerprint density at radius 1 is 1.11 bits per heavy atom. The van der Waals surface area contributed by atoms with Crippen LogP contribution in [0.15, 0.2) is 30.3 Å². The van der Waals surface area contributed by atoms with Gasteiger partial charge in [0.15, 0.2) is 0 Å². The molecule has 0 radical (unpaired) electrons. The maximum atomic E-state index is 3.44. The van der Waals surface area contributed by atoms with Crippen LogP contribution >= 0.6 is 0 Å². The molecular weight excluding hydrogens is 222 g/mol. The maximum Gasteiger partial charge on any atom is 0.0446 e. The Labute approximate surface area is 111 Å². The molecule has 1 N–H and O–H groups in total. The van der Waals surface area contributed by atoms with E-state index in [9.17, 15) is 0 Å². The van der Waals surface area contributed by atoms with E-state index >= 15 is 0 Å². The highest BCUT2D eigenvalue weighted by Gasteiger charge is 2.16. The number of nitrogens with zero attached hydrogens (tertiary/aromatic N) is 2. The van der Waals surface area contributed by atoms with Gasteiger partial charge in [0.25, 0.3) is 0 Å². The lowest BCUT2D eigenvalue weighted by molar-refractivity contribution is 0.251. The topological polar surface area (TPSA) is 18.5 Å². The van der Waals surface area contributed by atoms with Crippen molar-refractivity contribution in [1.82, 2.24) is 15.1 Å². The van der Waals surface area contributed by atoms with Crippen LogP contribution in [0.5, 0.6) is 0 Å². The van der Waals surface area contributed by atoms with Crippen molar-refractivity contribution in [2.24, 2.45) is 0 Å². The Morgan fingerprint density at radius 3 is 2.61 bits per heavy atom. The first-order valence-corrected chi connectivity index (χ1v) is 6.92. The first-order valence-electron chi connectivity index (χ1n) is 6.92. The Morgan fingerprint density at radius 2 is 1.89 bits per heavy atom. The summed E-state index contributed by atoms with van der Waals surface area (Å²) in [5.41, 5.74) is 1.39. The minimum atomic E-state index is 0.439. The van der Waals surface area contributed by atoms with Gasteiger partial charge in [-0.3, -0.25) is 0 Å². The highest BCUT2D eigenvalue weighted by molar-refractivity contribution is 5.19. The zero-order valence-corrected chi connectivity index (χ0v) is 11.6. The smallest absolute Gasteiger partial charge is 0.0446 e. The van der Waals surface area contributed by atoms with Gasteiger partial charge in [-0.1, -0.05) is 30.3 Å². The number of benzene rings is 1. The van der Waals surface area contributed by atoms with Crippen LogP contribution in [0.4, 0.5) is 0 Å². The van der Waals surface area contributed by atoms with E-state index in [4.69, 9.17) is 0 Å². The summed E-state index contributed by atoms with van der Waals surface area (Å²) in [6.45, 7) is 5.92. The lowest BCUT2D eigenvalue weighted by atomic mass is 10.1. The Kier molecular flexibility index (Phi) is 5.17. The van der Waals surface area contributed by atoms with E-state index in [0.29, 0.717) is 6.04 Å². The SMILES string of the molecule is CNC(CN1CCCN(C)CC1)c1ccccc1. The zero-order valence-electron chi connectivity index (χ0n) is 11.6. The van der Waals surface area contributed by atoms with E-state index in [1.54, 1.807) is 0 Å². The third-order valence-corrected chi connectivity index (χ3v) is 3.80. The summed E-state index contributed by atoms with van der Waals surface area (Å²) in [7, 11) is 4.28. The van der Waals surface area contributed by atoms with Gasteiger partial charge < -0.3 is 15.1 Å². The Bertz CT molecular complexity index is 339. The number of hydrogen-bond donors (Lipinski definition) is 1. The first kappa shape index (κ1) is 13.5. The van der Waals surface area contributed by atoms with E-state index in [2.05, 4.69) is 59.5 Å². The summed E-state index contributed by atoms with van der Waals surface area (Å²) in [4.78, 5) is 5.01. The highest BCUT2D eigenvalue weighted by atomic mass is 15.2. The lowest BCUT2D eigenvalue weighted by Gasteiger charge is -2.26. The van der Waals surface area contributed by atoms with Crippen LogP contribution in [0.1, 0.15) is 18.0 Å². The molecule has 1 heterocycles. The minimum absolute atomic E-state index is 0.439. The van der Waals surface area contributed by atoms with Crippen LogP contribution in [0.2, 0.25) is 0 Å². The molecule has 18 heavy (non-hydrogen) atoms. The normalized spacial score (nSPS) is 20.6. The molecule has 0 amide bonds. The third-order valence-electron chi connectivity index (χ3n) is 3.80. The van der Waals surface area contributed by atoms with E-state index in [1.807, 2.05) is 0 Å². The molecule has 1 aromatic rings. The quantitative estimate of drug-likeness (QED) is 0.871. The summed E-state index contributed by atoms with van der Waals surface area (Å²) >= 11 is 0. The van der Waals surface area contributed by atoms with Gasteiger partial charge in [-0.05, 0) is 39.2 Å². The van der Waals surface area contributed by atoms with Crippen molar-refractivity contribution in [2.45, 2.75) is 12.5 Å². The van der Waals surface area contributed by atoms with Gasteiger partial charge in [0.2, 0.25) is 0 Å². The van der Waals surface area contributed by atoms with Gasteiger partial charge in [0, 0.05) is 25.7 Å². The Hall–Kier alpha value is -0.900. The molecule has 1 atom stereocenters. The second kappa shape index (κ2) is 6.88. The molecule has 0 aliphatic carbocycles. The highest BCUT2D eigenvalue weighted by Crippen LogP contribution is 2.14. The average molecular weight is 247 g/mol. The van der Waals surface area contributed by atoms with Crippen molar-refractivity contribution in [3.05, 3.63) is 35.9 Å². The van der Waals surface area contributed by atoms with Crippen LogP contribution in [0.25, 0.3) is 0 Å². The second-order valence-corrected chi connectivity index (χ2v) is 5.21. The minimum Gasteiger partial charge on any atom is -0.312 e. The summed E-state index contributed by atoms with van der Waals surface area (Å²) < 4.78 is 0. The molecule has 0 spiro atoms. The molecule has 1 aromatic carbocycles. The van der Waals surface area contributed by atoms with Gasteiger partial charge in [-0.25, -0.2) is 0 Å². The van der Waals surface area contributed by atoms with Crippen molar-refractivity contribution in [3.63, 3.8) is 0 Å². The first-order chi connectivity index (χ1) is 8.79. The molecule has 0 aromatic heterocycles. The third kappa shape index (κ3) is 3.80. The van der Waals surface area contributed by atoms with E-state index in [1.165, 1.54) is 38.2 Å². The molecule has 1 saturated heterocycles. The number of nitrogens with one attached hydrogen (secondary N) is 1. The van der Waals surface area contributed by atoms with Gasteiger partial charge in [-0.15, -0.1) is 0 Å². The molecular formula is C15H25N3. The molecule has 1 fully saturated rings. The number of rotatable bonds is 4. The fourth-order valence-corrected chi connectivity index (χ4v) is 2.59. The number of hydrogen-bond acceptors (Lipinski definition) is 3. The maximum absolute atomic E-state index is 3.44. The van der Waals surface area contributed by atoms with Crippen LogP contribution in [0, 0.1) is 0 Å². The van der Waals surface area contributed by atoms with Crippen LogP contribution in [-0.4, -0.2) is 56.6 Å². The van der Waals surface area contributed by atoms with Crippen molar-refractivity contribution in [1.29, 1.82) is 0 Å². The molecule has 3 nitrogen and oxygen atoms in total. The van der Waals surface area contributed by atoms with Crippen molar-refractivity contribution in [3.8, 4) is 0 Å². The van der Waals surface area contributed by atoms with Gasteiger partial charge in [0.1, 0.15) is 0 Å². The fourth-order valence-electron chi connectivity index (χ4n) is 2.59. The zero-order chi connectivity index (χ0) is 12.8. The number of likely N-dealkylation sites (N-methyl/N-ethyl adjacent to an activating group) is 2. The van der Waals surface area contributed by atoms with Crippen molar-refractivity contribution in [2.75, 3.05) is 46.8 Å². The lowest BCUT2D eigenvalue weighted by Crippen LogP contribution is -2.36. The standard InChI is InChI=1S/C15H25N3/c1-16-15(14-7-4-3-5-8-14)13-18-10-6-9-17(2)11-12-18/h3-5,7-8,15-16H,6,9-13H2,1-2H3. The van der Waals surface area contributed by atoms with Gasteiger partial charge >= 0.3 is 0 Å². The second-order valence-electron chi connectivity index (χ2n) is 5.21.